The summed E-state index contributed by atoms with van der Waals surface area (Å²) in [7, 11) is 1.58. The molecular formula is C32H37F2N7O4. The number of morpholine rings is 1. The molecule has 45 heavy (non-hydrogen) atoms. The van der Waals surface area contributed by atoms with Gasteiger partial charge >= 0.3 is 0 Å². The van der Waals surface area contributed by atoms with Gasteiger partial charge in [0, 0.05) is 56.3 Å². The fourth-order valence-corrected chi connectivity index (χ4v) is 6.26. The summed E-state index contributed by atoms with van der Waals surface area (Å²) in [4.78, 5) is 31.7. The van der Waals surface area contributed by atoms with Crippen molar-refractivity contribution in [3.8, 4) is 5.75 Å². The van der Waals surface area contributed by atoms with Crippen LogP contribution in [0.3, 0.4) is 0 Å². The quantitative estimate of drug-likeness (QED) is 0.324. The molecule has 11 nitrogen and oxygen atoms in total. The van der Waals surface area contributed by atoms with Gasteiger partial charge in [-0.25, -0.2) is 23.8 Å². The van der Waals surface area contributed by atoms with Crippen molar-refractivity contribution in [3.63, 3.8) is 0 Å². The highest BCUT2D eigenvalue weighted by molar-refractivity contribution is 6.02. The summed E-state index contributed by atoms with van der Waals surface area (Å²) in [6.45, 7) is 8.98. The zero-order chi connectivity index (χ0) is 31.3. The van der Waals surface area contributed by atoms with Crippen LogP contribution in [-0.2, 0) is 14.4 Å². The Morgan fingerprint density at radius 3 is 2.49 bits per heavy atom. The van der Waals surface area contributed by atoms with E-state index < -0.39 is 17.7 Å². The molecule has 3 fully saturated rings. The van der Waals surface area contributed by atoms with Gasteiger partial charge in [-0.15, -0.1) is 0 Å². The fourth-order valence-electron chi connectivity index (χ4n) is 6.26. The third-order valence-electron chi connectivity index (χ3n) is 8.51. The monoisotopic (exact) mass is 621 g/mol. The highest BCUT2D eigenvalue weighted by Crippen LogP contribution is 2.41. The Morgan fingerprint density at radius 2 is 1.78 bits per heavy atom. The number of piperidine rings is 1. The minimum absolute atomic E-state index is 0.0723. The first-order valence-corrected chi connectivity index (χ1v) is 15.1. The van der Waals surface area contributed by atoms with E-state index in [1.807, 2.05) is 6.07 Å². The predicted molar refractivity (Wildman–Crippen MR) is 167 cm³/mol. The van der Waals surface area contributed by atoms with Gasteiger partial charge in [0.1, 0.15) is 29.5 Å². The number of carbonyl (C=O) groups excluding carboxylic acids is 1. The van der Waals surface area contributed by atoms with E-state index in [-0.39, 0.29) is 18.1 Å². The van der Waals surface area contributed by atoms with E-state index in [2.05, 4.69) is 37.0 Å². The summed E-state index contributed by atoms with van der Waals surface area (Å²) in [5, 5.41) is 7.61. The van der Waals surface area contributed by atoms with Crippen LogP contribution in [0.2, 0.25) is 0 Å². The number of methoxy groups -OCH3 is 1. The molecule has 1 atom stereocenters. The fraction of sp³-hybridized carbons (Fsp3) is 0.406. The number of ether oxygens (including phenoxy) is 2. The van der Waals surface area contributed by atoms with Crippen molar-refractivity contribution in [2.24, 2.45) is 0 Å². The van der Waals surface area contributed by atoms with Crippen LogP contribution in [0.1, 0.15) is 30.9 Å². The van der Waals surface area contributed by atoms with E-state index in [1.165, 1.54) is 35.7 Å². The number of aromatic nitrogens is 2. The number of nitrogens with one attached hydrogen (secondary N) is 2. The van der Waals surface area contributed by atoms with Gasteiger partial charge in [0.05, 0.1) is 50.0 Å². The molecule has 3 aliphatic heterocycles. The summed E-state index contributed by atoms with van der Waals surface area (Å²) in [6, 6.07) is 8.92. The maximum absolute atomic E-state index is 14.6. The molecule has 13 heteroatoms. The Kier molecular flexibility index (Phi) is 9.38. The van der Waals surface area contributed by atoms with Crippen molar-refractivity contribution >= 4 is 34.6 Å². The largest absolute Gasteiger partial charge is 0.494 e. The normalized spacial score (nSPS) is 19.4. The lowest BCUT2D eigenvalue weighted by atomic mass is 10.0. The molecule has 2 N–H and O–H groups in total. The van der Waals surface area contributed by atoms with Gasteiger partial charge in [0.2, 0.25) is 5.91 Å². The third kappa shape index (κ3) is 6.70. The molecule has 0 aliphatic carbocycles. The average Bonchev–Trinajstić information content (AvgIpc) is 3.55. The lowest BCUT2D eigenvalue weighted by Crippen LogP contribution is -2.49. The van der Waals surface area contributed by atoms with E-state index in [0.717, 1.165) is 57.9 Å². The molecule has 0 bridgehead atoms. The van der Waals surface area contributed by atoms with Crippen molar-refractivity contribution in [1.29, 1.82) is 0 Å². The van der Waals surface area contributed by atoms with E-state index in [1.54, 1.807) is 19.2 Å². The second-order valence-corrected chi connectivity index (χ2v) is 11.1. The van der Waals surface area contributed by atoms with Crippen molar-refractivity contribution in [2.75, 3.05) is 73.7 Å². The standard InChI is InChI=1S/C32H37F2N7O4/c1-3-31(42)38-24-17-25(28(43-2)18-27(24)40-10-7-21(8-11-40)39-12-15-44-16-13-39)37-29-19-30(36-20-35-29)41-26(9-14-45-41)32-22(33)5-4-6-23(32)34/h3-6,17-21,26H,1,7-16H2,2H3,(H,38,42)(H,35,36,37). The molecule has 4 heterocycles. The number of rotatable bonds is 9. The van der Waals surface area contributed by atoms with Crippen molar-refractivity contribution in [3.05, 3.63) is 72.6 Å². The Balaban J connectivity index is 1.25. The predicted octanol–water partition coefficient (Wildman–Crippen LogP) is 4.82. The number of anilines is 5. The average molecular weight is 622 g/mol. The number of carbonyl (C=O) groups is 1. The molecule has 1 amide bonds. The molecule has 3 aliphatic rings. The zero-order valence-electron chi connectivity index (χ0n) is 25.2. The third-order valence-corrected chi connectivity index (χ3v) is 8.51. The van der Waals surface area contributed by atoms with E-state index >= 15 is 0 Å². The number of halogens is 2. The molecule has 2 aromatic carbocycles. The second kappa shape index (κ2) is 13.8. The summed E-state index contributed by atoms with van der Waals surface area (Å²) in [5.41, 5.74) is 1.92. The first kappa shape index (κ1) is 30.7. The Labute approximate surface area is 260 Å². The molecular weight excluding hydrogens is 584 g/mol. The van der Waals surface area contributed by atoms with E-state index in [0.29, 0.717) is 41.2 Å². The number of nitrogens with zero attached hydrogens (tertiary/aromatic N) is 5. The topological polar surface area (TPSA) is 104 Å². The highest BCUT2D eigenvalue weighted by Gasteiger charge is 2.33. The smallest absolute Gasteiger partial charge is 0.247 e. The molecule has 3 saturated heterocycles. The molecule has 0 spiro atoms. The van der Waals surface area contributed by atoms with E-state index in [4.69, 9.17) is 14.3 Å². The van der Waals surface area contributed by atoms with Crippen molar-refractivity contribution in [2.45, 2.75) is 31.3 Å². The Morgan fingerprint density at radius 1 is 1.02 bits per heavy atom. The van der Waals surface area contributed by atoms with Gasteiger partial charge in [0.15, 0.2) is 5.82 Å². The van der Waals surface area contributed by atoms with Gasteiger partial charge in [0.25, 0.3) is 0 Å². The zero-order valence-corrected chi connectivity index (χ0v) is 25.2. The number of hydroxylamine groups is 1. The number of hydrogen-bond acceptors (Lipinski definition) is 10. The van der Waals surface area contributed by atoms with Crippen LogP contribution in [0, 0.1) is 11.6 Å². The van der Waals surface area contributed by atoms with Gasteiger partial charge in [-0.2, -0.15) is 0 Å². The minimum Gasteiger partial charge on any atom is -0.494 e. The van der Waals surface area contributed by atoms with Gasteiger partial charge in [-0.05, 0) is 37.1 Å². The van der Waals surface area contributed by atoms with Gasteiger partial charge < -0.3 is 25.0 Å². The molecule has 1 unspecified atom stereocenters. The molecule has 1 aromatic heterocycles. The summed E-state index contributed by atoms with van der Waals surface area (Å²) in [6.07, 6.45) is 4.95. The first-order valence-electron chi connectivity index (χ1n) is 15.1. The Hall–Kier alpha value is -4.33. The number of hydrogen-bond donors (Lipinski definition) is 2. The van der Waals surface area contributed by atoms with Crippen LogP contribution < -0.4 is 25.3 Å². The van der Waals surface area contributed by atoms with Crippen LogP contribution in [0.15, 0.2) is 55.4 Å². The Bertz CT molecular complexity index is 1510. The minimum atomic E-state index is -0.698. The molecule has 238 valence electrons. The van der Waals surface area contributed by atoms with Gasteiger partial charge in [-0.1, -0.05) is 12.6 Å². The molecule has 3 aromatic rings. The van der Waals surface area contributed by atoms with Crippen LogP contribution in [-0.4, -0.2) is 79.9 Å². The summed E-state index contributed by atoms with van der Waals surface area (Å²) >= 11 is 0. The number of benzene rings is 2. The summed E-state index contributed by atoms with van der Waals surface area (Å²) < 4.78 is 40.6. The van der Waals surface area contributed by atoms with Crippen LogP contribution in [0.5, 0.6) is 5.75 Å². The van der Waals surface area contributed by atoms with Crippen molar-refractivity contribution < 1.29 is 27.9 Å². The van der Waals surface area contributed by atoms with Crippen LogP contribution in [0.25, 0.3) is 0 Å². The lowest BCUT2D eigenvalue weighted by molar-refractivity contribution is -0.111. The lowest BCUT2D eigenvalue weighted by Gasteiger charge is -2.41. The molecule has 6 rings (SSSR count). The first-order chi connectivity index (χ1) is 21.9. The van der Waals surface area contributed by atoms with E-state index in [9.17, 15) is 13.6 Å². The summed E-state index contributed by atoms with van der Waals surface area (Å²) in [5.74, 6) is -0.365. The number of amides is 1. The maximum atomic E-state index is 14.6. The van der Waals surface area contributed by atoms with Crippen LogP contribution in [0.4, 0.5) is 37.5 Å². The second-order valence-electron chi connectivity index (χ2n) is 11.1. The molecule has 0 saturated carbocycles. The molecule has 0 radical (unpaired) electrons. The SMILES string of the molecule is C=CC(=O)Nc1cc(Nc2cc(N3OCCC3c3c(F)cccc3F)ncn2)c(OC)cc1N1CCC(N2CCOCC2)CC1. The van der Waals surface area contributed by atoms with Crippen LogP contribution >= 0.6 is 0 Å². The van der Waals surface area contributed by atoms with Gasteiger partial charge in [-0.3, -0.25) is 14.5 Å². The van der Waals surface area contributed by atoms with Crippen molar-refractivity contribution in [1.82, 2.24) is 14.9 Å². The maximum Gasteiger partial charge on any atom is 0.247 e. The highest BCUT2D eigenvalue weighted by atomic mass is 19.1.